The number of hydrogen-bond acceptors (Lipinski definition) is 1. The van der Waals surface area contributed by atoms with Gasteiger partial charge in [-0.1, -0.05) is 53.7 Å². The van der Waals surface area contributed by atoms with Crippen molar-refractivity contribution in [2.45, 2.75) is 65.5 Å². The summed E-state index contributed by atoms with van der Waals surface area (Å²) in [5.41, 5.74) is 3.00. The molecule has 0 fully saturated rings. The molecule has 0 aromatic heterocycles. The maximum Gasteiger partial charge on any atom is 0.274 e. The van der Waals surface area contributed by atoms with Gasteiger partial charge in [-0.25, -0.2) is 0 Å². The molecule has 0 saturated carbocycles. The average molecular weight is 263 g/mol. The van der Waals surface area contributed by atoms with Crippen LogP contribution in [0.25, 0.3) is 0 Å². The van der Waals surface area contributed by atoms with E-state index in [2.05, 4.69) is 72.8 Å². The zero-order chi connectivity index (χ0) is 14.1. The number of rotatable bonds is 2. The molecule has 0 aliphatic heterocycles. The maximum atomic E-state index is 6.04. The minimum absolute atomic E-state index is 0.119. The highest BCUT2D eigenvalue weighted by Gasteiger charge is 2.23. The molecule has 1 aromatic rings. The van der Waals surface area contributed by atoms with Gasteiger partial charge in [-0.15, -0.1) is 0 Å². The van der Waals surface area contributed by atoms with Gasteiger partial charge in [0, 0.05) is 0 Å². The highest BCUT2D eigenvalue weighted by Crippen LogP contribution is 2.35. The first-order chi connectivity index (χ1) is 8.01. The van der Waals surface area contributed by atoms with Crippen LogP contribution in [0.3, 0.4) is 0 Å². The standard InChI is InChI=1S/C16H27OSi/c1-15(2,3)12-9-10-14(17-18(7)8)13(11-12)16(4,5)6/h9-11H,1-8H3. The first-order valence-electron chi connectivity index (χ1n) is 6.65. The third-order valence-corrected chi connectivity index (χ3v) is 3.60. The van der Waals surface area contributed by atoms with E-state index in [1.54, 1.807) is 0 Å². The lowest BCUT2D eigenvalue weighted by Gasteiger charge is -2.28. The molecule has 1 aromatic carbocycles. The molecular weight excluding hydrogens is 236 g/mol. The van der Waals surface area contributed by atoms with Gasteiger partial charge in [0.2, 0.25) is 0 Å². The first kappa shape index (κ1) is 15.3. The van der Waals surface area contributed by atoms with Gasteiger partial charge in [-0.05, 0) is 41.1 Å². The van der Waals surface area contributed by atoms with Crippen LogP contribution in [0.15, 0.2) is 18.2 Å². The predicted molar refractivity (Wildman–Crippen MR) is 82.0 cm³/mol. The van der Waals surface area contributed by atoms with Crippen molar-refractivity contribution >= 4 is 9.04 Å². The fraction of sp³-hybridized carbons (Fsp3) is 0.625. The van der Waals surface area contributed by atoms with Crippen LogP contribution in [-0.2, 0) is 10.8 Å². The average Bonchev–Trinajstić information content (AvgIpc) is 2.13. The van der Waals surface area contributed by atoms with Gasteiger partial charge in [-0.2, -0.15) is 0 Å². The van der Waals surface area contributed by atoms with Gasteiger partial charge in [0.1, 0.15) is 5.75 Å². The molecule has 1 radical (unpaired) electrons. The zero-order valence-electron chi connectivity index (χ0n) is 13.1. The summed E-state index contributed by atoms with van der Waals surface area (Å²) in [6, 6.07) is 6.67. The van der Waals surface area contributed by atoms with Crippen LogP contribution in [0, 0.1) is 0 Å². The van der Waals surface area contributed by atoms with Crippen molar-refractivity contribution in [3.8, 4) is 5.75 Å². The van der Waals surface area contributed by atoms with Crippen molar-refractivity contribution < 1.29 is 4.43 Å². The van der Waals surface area contributed by atoms with E-state index in [0.717, 1.165) is 5.75 Å². The van der Waals surface area contributed by atoms with Crippen LogP contribution in [0.4, 0.5) is 0 Å². The Morgan fingerprint density at radius 2 is 1.44 bits per heavy atom. The minimum Gasteiger partial charge on any atom is -0.542 e. The summed E-state index contributed by atoms with van der Waals surface area (Å²) in [7, 11) is -0.716. The monoisotopic (exact) mass is 263 g/mol. The third-order valence-electron chi connectivity index (χ3n) is 2.97. The summed E-state index contributed by atoms with van der Waals surface area (Å²) in [6.45, 7) is 17.9. The molecule has 101 valence electrons. The second-order valence-electron chi connectivity index (χ2n) is 7.22. The van der Waals surface area contributed by atoms with Crippen LogP contribution < -0.4 is 4.43 Å². The normalized spacial score (nSPS) is 12.9. The topological polar surface area (TPSA) is 9.23 Å². The fourth-order valence-electron chi connectivity index (χ4n) is 1.89. The van der Waals surface area contributed by atoms with Gasteiger partial charge in [0.05, 0.1) is 0 Å². The molecule has 18 heavy (non-hydrogen) atoms. The van der Waals surface area contributed by atoms with Crippen LogP contribution in [-0.4, -0.2) is 9.04 Å². The lowest BCUT2D eigenvalue weighted by molar-refractivity contribution is 0.514. The van der Waals surface area contributed by atoms with E-state index in [1.165, 1.54) is 11.1 Å². The van der Waals surface area contributed by atoms with Crippen LogP contribution >= 0.6 is 0 Å². The molecule has 0 aliphatic carbocycles. The summed E-state index contributed by atoms with van der Waals surface area (Å²) in [5.74, 6) is 1.06. The second kappa shape index (κ2) is 5.08. The Labute approximate surface area is 114 Å². The predicted octanol–water partition coefficient (Wildman–Crippen LogP) is 4.91. The highest BCUT2D eigenvalue weighted by molar-refractivity contribution is 6.49. The Morgan fingerprint density at radius 3 is 1.83 bits per heavy atom. The summed E-state index contributed by atoms with van der Waals surface area (Å²) < 4.78 is 6.04. The Kier molecular flexibility index (Phi) is 4.32. The summed E-state index contributed by atoms with van der Waals surface area (Å²) in [4.78, 5) is 0. The molecule has 2 heteroatoms. The summed E-state index contributed by atoms with van der Waals surface area (Å²) >= 11 is 0. The molecule has 0 amide bonds. The van der Waals surface area contributed by atoms with E-state index < -0.39 is 9.04 Å². The minimum atomic E-state index is -0.716. The zero-order valence-corrected chi connectivity index (χ0v) is 14.1. The molecule has 0 aliphatic rings. The van der Waals surface area contributed by atoms with E-state index in [1.807, 2.05) is 0 Å². The molecule has 0 N–H and O–H groups in total. The maximum absolute atomic E-state index is 6.04. The Balaban J connectivity index is 3.30. The van der Waals surface area contributed by atoms with Crippen molar-refractivity contribution in [2.75, 3.05) is 0 Å². The van der Waals surface area contributed by atoms with Gasteiger partial charge in [0.25, 0.3) is 9.04 Å². The third kappa shape index (κ3) is 3.87. The molecule has 1 rings (SSSR count). The highest BCUT2D eigenvalue weighted by atomic mass is 28.3. The van der Waals surface area contributed by atoms with Crippen molar-refractivity contribution in [1.29, 1.82) is 0 Å². The Hall–Kier alpha value is -0.763. The van der Waals surface area contributed by atoms with Crippen molar-refractivity contribution in [2.24, 2.45) is 0 Å². The van der Waals surface area contributed by atoms with Gasteiger partial charge in [-0.3, -0.25) is 0 Å². The summed E-state index contributed by atoms with van der Waals surface area (Å²) in [6.07, 6.45) is 0. The lowest BCUT2D eigenvalue weighted by atomic mass is 9.80. The molecule has 0 unspecified atom stereocenters. The van der Waals surface area contributed by atoms with E-state index >= 15 is 0 Å². The van der Waals surface area contributed by atoms with E-state index in [4.69, 9.17) is 4.43 Å². The molecule has 0 bridgehead atoms. The quantitative estimate of drug-likeness (QED) is 0.689. The van der Waals surface area contributed by atoms with Crippen LogP contribution in [0.2, 0.25) is 13.1 Å². The van der Waals surface area contributed by atoms with Crippen LogP contribution in [0.5, 0.6) is 5.75 Å². The van der Waals surface area contributed by atoms with E-state index in [9.17, 15) is 0 Å². The van der Waals surface area contributed by atoms with Crippen molar-refractivity contribution in [1.82, 2.24) is 0 Å². The Bertz CT molecular complexity index is 408. The molecule has 0 spiro atoms. The fourth-order valence-corrected chi connectivity index (χ4v) is 2.51. The van der Waals surface area contributed by atoms with Gasteiger partial charge >= 0.3 is 0 Å². The lowest BCUT2D eigenvalue weighted by Crippen LogP contribution is -2.20. The van der Waals surface area contributed by atoms with Gasteiger partial charge in [0.15, 0.2) is 0 Å². The van der Waals surface area contributed by atoms with E-state index in [0.29, 0.717) is 0 Å². The number of hydrogen-bond donors (Lipinski definition) is 0. The van der Waals surface area contributed by atoms with Crippen molar-refractivity contribution in [3.63, 3.8) is 0 Å². The largest absolute Gasteiger partial charge is 0.542 e. The molecule has 0 heterocycles. The van der Waals surface area contributed by atoms with Gasteiger partial charge < -0.3 is 4.43 Å². The van der Waals surface area contributed by atoms with E-state index in [-0.39, 0.29) is 10.8 Å². The Morgan fingerprint density at radius 1 is 0.889 bits per heavy atom. The second-order valence-corrected chi connectivity index (χ2v) is 9.24. The molecular formula is C16H27OSi. The molecule has 0 atom stereocenters. The summed E-state index contributed by atoms with van der Waals surface area (Å²) in [5, 5.41) is 0. The van der Waals surface area contributed by atoms with Crippen LogP contribution in [0.1, 0.15) is 52.7 Å². The smallest absolute Gasteiger partial charge is 0.274 e. The number of benzene rings is 1. The molecule has 0 saturated heterocycles. The van der Waals surface area contributed by atoms with Crippen molar-refractivity contribution in [3.05, 3.63) is 29.3 Å². The first-order valence-corrected chi connectivity index (χ1v) is 9.05. The molecule has 1 nitrogen and oxygen atoms in total. The SMILES string of the molecule is C[Si](C)Oc1ccc(C(C)(C)C)cc1C(C)(C)C.